The van der Waals surface area contributed by atoms with Gasteiger partial charge in [0.1, 0.15) is 6.54 Å². The second-order valence-electron chi connectivity index (χ2n) is 6.88. The summed E-state index contributed by atoms with van der Waals surface area (Å²) in [5, 5.41) is 16.0. The Morgan fingerprint density at radius 2 is 1.83 bits per heavy atom. The molecule has 3 aromatic rings. The molecule has 160 valence electrons. The van der Waals surface area contributed by atoms with Crippen LogP contribution in [0.5, 0.6) is 0 Å². The first kappa shape index (κ1) is 22.1. The number of nitrogens with zero attached hydrogens (tertiary/aromatic N) is 5. The number of fused-ring (bicyclic) bond motifs is 1. The summed E-state index contributed by atoms with van der Waals surface area (Å²) < 4.78 is 1.95. The van der Waals surface area contributed by atoms with Gasteiger partial charge in [0.15, 0.2) is 17.4 Å². The normalized spacial score (nSPS) is 13.0. The summed E-state index contributed by atoms with van der Waals surface area (Å²) in [6, 6.07) is 14.0. The number of guanidine groups is 1. The van der Waals surface area contributed by atoms with Gasteiger partial charge in [-0.1, -0.05) is 49.7 Å². The molecule has 2 heterocycles. The average molecular weight is 428 g/mol. The summed E-state index contributed by atoms with van der Waals surface area (Å²) >= 11 is 6.52. The number of pyridine rings is 1. The average Bonchev–Trinajstić information content (AvgIpc) is 3.18. The van der Waals surface area contributed by atoms with Gasteiger partial charge in [-0.3, -0.25) is 9.30 Å². The van der Waals surface area contributed by atoms with Crippen molar-refractivity contribution in [2.75, 3.05) is 26.2 Å². The highest BCUT2D eigenvalue weighted by molar-refractivity contribution is 6.31. The quantitative estimate of drug-likeness (QED) is 0.404. The Morgan fingerprint density at radius 3 is 2.57 bits per heavy atom. The third-order valence-corrected chi connectivity index (χ3v) is 5.43. The van der Waals surface area contributed by atoms with Gasteiger partial charge in [0.2, 0.25) is 0 Å². The molecule has 3 rings (SSSR count). The Labute approximate surface area is 183 Å². The third kappa shape index (κ3) is 5.29. The van der Waals surface area contributed by atoms with E-state index in [4.69, 9.17) is 16.6 Å². The smallest absolute Gasteiger partial charge is 0.191 e. The standard InChI is InChI=1S/C22H30ClN7/c1-4-24-22(26-16-21-28-27-20-13-9-10-14-30(20)21)25-15-19(29(5-2)6-3)17-11-7-8-12-18(17)23/h7-14,19H,4-6,15-16H2,1-3H3,(H2,24,25,26). The summed E-state index contributed by atoms with van der Waals surface area (Å²) in [7, 11) is 0. The van der Waals surface area contributed by atoms with Crippen molar-refractivity contribution < 1.29 is 0 Å². The highest BCUT2D eigenvalue weighted by atomic mass is 35.5. The van der Waals surface area contributed by atoms with Gasteiger partial charge in [-0.05, 0) is 43.8 Å². The first-order valence-electron chi connectivity index (χ1n) is 10.5. The number of rotatable bonds is 9. The lowest BCUT2D eigenvalue weighted by molar-refractivity contribution is 0.219. The molecule has 1 unspecified atom stereocenters. The largest absolute Gasteiger partial charge is 0.357 e. The van der Waals surface area contributed by atoms with E-state index in [1.54, 1.807) is 0 Å². The third-order valence-electron chi connectivity index (χ3n) is 5.09. The van der Waals surface area contributed by atoms with Crippen molar-refractivity contribution in [3.63, 3.8) is 0 Å². The number of halogens is 1. The monoisotopic (exact) mass is 427 g/mol. The van der Waals surface area contributed by atoms with E-state index in [1.807, 2.05) is 47.0 Å². The second-order valence-corrected chi connectivity index (χ2v) is 7.29. The number of aliphatic imine (C=N–C) groups is 1. The number of likely N-dealkylation sites (N-methyl/N-ethyl adjacent to an activating group) is 1. The Balaban J connectivity index is 1.76. The molecule has 0 saturated carbocycles. The Bertz CT molecular complexity index is 965. The lowest BCUT2D eigenvalue weighted by Crippen LogP contribution is -2.43. The van der Waals surface area contributed by atoms with Crippen molar-refractivity contribution in [2.24, 2.45) is 4.99 Å². The van der Waals surface area contributed by atoms with Crippen LogP contribution in [0.15, 0.2) is 53.7 Å². The number of benzene rings is 1. The summed E-state index contributed by atoms with van der Waals surface area (Å²) in [4.78, 5) is 7.12. The van der Waals surface area contributed by atoms with Crippen LogP contribution in [0.3, 0.4) is 0 Å². The molecule has 0 aliphatic rings. The molecule has 0 aliphatic heterocycles. The lowest BCUT2D eigenvalue weighted by Gasteiger charge is -2.31. The van der Waals surface area contributed by atoms with E-state index in [0.29, 0.717) is 13.1 Å². The zero-order valence-corrected chi connectivity index (χ0v) is 18.6. The zero-order chi connectivity index (χ0) is 21.3. The Hall–Kier alpha value is -2.64. The predicted octanol–water partition coefficient (Wildman–Crippen LogP) is 3.52. The minimum absolute atomic E-state index is 0.145. The minimum atomic E-state index is 0.145. The predicted molar refractivity (Wildman–Crippen MR) is 123 cm³/mol. The van der Waals surface area contributed by atoms with Gasteiger partial charge in [-0.15, -0.1) is 10.2 Å². The van der Waals surface area contributed by atoms with Gasteiger partial charge in [0.25, 0.3) is 0 Å². The highest BCUT2D eigenvalue weighted by Gasteiger charge is 2.20. The summed E-state index contributed by atoms with van der Waals surface area (Å²) in [5.74, 6) is 1.54. The number of hydrogen-bond acceptors (Lipinski definition) is 4. The first-order chi connectivity index (χ1) is 14.7. The van der Waals surface area contributed by atoms with Crippen molar-refractivity contribution in [1.82, 2.24) is 30.1 Å². The van der Waals surface area contributed by atoms with Gasteiger partial charge in [0.05, 0.1) is 6.04 Å². The maximum absolute atomic E-state index is 6.52. The van der Waals surface area contributed by atoms with Crippen LogP contribution in [0.2, 0.25) is 5.02 Å². The van der Waals surface area contributed by atoms with Crippen LogP contribution < -0.4 is 10.6 Å². The van der Waals surface area contributed by atoms with Crippen LogP contribution in [-0.2, 0) is 6.54 Å². The van der Waals surface area contributed by atoms with Crippen molar-refractivity contribution in [3.05, 3.63) is 65.1 Å². The van der Waals surface area contributed by atoms with E-state index in [2.05, 4.69) is 52.6 Å². The SMILES string of the molecule is CCNC(=NCc1nnc2ccccn12)NCC(c1ccccc1Cl)N(CC)CC. The van der Waals surface area contributed by atoms with Gasteiger partial charge in [-0.2, -0.15) is 0 Å². The number of nitrogens with one attached hydrogen (secondary N) is 2. The van der Waals surface area contributed by atoms with Crippen molar-refractivity contribution in [2.45, 2.75) is 33.4 Å². The van der Waals surface area contributed by atoms with Crippen LogP contribution >= 0.6 is 11.6 Å². The fourth-order valence-electron chi connectivity index (χ4n) is 3.53. The highest BCUT2D eigenvalue weighted by Crippen LogP contribution is 2.26. The van der Waals surface area contributed by atoms with Crippen molar-refractivity contribution in [3.8, 4) is 0 Å². The fourth-order valence-corrected chi connectivity index (χ4v) is 3.79. The van der Waals surface area contributed by atoms with Crippen LogP contribution in [0, 0.1) is 0 Å². The number of aromatic nitrogens is 3. The zero-order valence-electron chi connectivity index (χ0n) is 17.8. The molecule has 0 bridgehead atoms. The molecular formula is C22H30ClN7. The minimum Gasteiger partial charge on any atom is -0.357 e. The molecule has 0 spiro atoms. The molecule has 30 heavy (non-hydrogen) atoms. The van der Waals surface area contributed by atoms with E-state index in [-0.39, 0.29) is 6.04 Å². The molecule has 1 atom stereocenters. The van der Waals surface area contributed by atoms with Crippen molar-refractivity contribution in [1.29, 1.82) is 0 Å². The molecule has 2 aromatic heterocycles. The first-order valence-corrected chi connectivity index (χ1v) is 10.8. The van der Waals surface area contributed by atoms with Gasteiger partial charge < -0.3 is 10.6 Å². The maximum atomic E-state index is 6.52. The molecule has 0 amide bonds. The summed E-state index contributed by atoms with van der Waals surface area (Å²) in [5.41, 5.74) is 1.94. The molecule has 8 heteroatoms. The molecule has 0 aliphatic carbocycles. The van der Waals surface area contributed by atoms with Crippen LogP contribution in [-0.4, -0.2) is 51.6 Å². The lowest BCUT2D eigenvalue weighted by atomic mass is 10.0. The molecule has 1 aromatic carbocycles. The van der Waals surface area contributed by atoms with E-state index in [9.17, 15) is 0 Å². The van der Waals surface area contributed by atoms with E-state index >= 15 is 0 Å². The van der Waals surface area contributed by atoms with Gasteiger partial charge in [0, 0.05) is 24.3 Å². The maximum Gasteiger partial charge on any atom is 0.191 e. The fraction of sp³-hybridized carbons (Fsp3) is 0.409. The van der Waals surface area contributed by atoms with Crippen molar-refractivity contribution >= 4 is 23.2 Å². The molecule has 0 fully saturated rings. The second kappa shape index (κ2) is 10.9. The Morgan fingerprint density at radius 1 is 1.07 bits per heavy atom. The molecule has 0 saturated heterocycles. The van der Waals surface area contributed by atoms with E-state index < -0.39 is 0 Å². The summed E-state index contributed by atoms with van der Waals surface area (Å²) in [6.07, 6.45) is 1.95. The van der Waals surface area contributed by atoms with Crippen LogP contribution in [0.4, 0.5) is 0 Å². The van der Waals surface area contributed by atoms with Gasteiger partial charge in [-0.25, -0.2) is 4.99 Å². The van der Waals surface area contributed by atoms with Crippen LogP contribution in [0.25, 0.3) is 5.65 Å². The molecular weight excluding hydrogens is 398 g/mol. The topological polar surface area (TPSA) is 69.8 Å². The van der Waals surface area contributed by atoms with Gasteiger partial charge >= 0.3 is 0 Å². The summed E-state index contributed by atoms with van der Waals surface area (Å²) in [6.45, 7) is 10.2. The van der Waals surface area contributed by atoms with E-state index in [1.165, 1.54) is 0 Å². The Kier molecular flexibility index (Phi) is 8.04. The number of hydrogen-bond donors (Lipinski definition) is 2. The van der Waals surface area contributed by atoms with Crippen LogP contribution in [0.1, 0.15) is 38.2 Å². The molecule has 0 radical (unpaired) electrons. The molecule has 7 nitrogen and oxygen atoms in total. The van der Waals surface area contributed by atoms with E-state index in [0.717, 1.165) is 47.7 Å². The molecule has 2 N–H and O–H groups in total.